The van der Waals surface area contributed by atoms with E-state index in [0.717, 1.165) is 6.42 Å². The van der Waals surface area contributed by atoms with Crippen LogP contribution in [-0.4, -0.2) is 16.5 Å². The molecule has 0 N–H and O–H groups in total. The van der Waals surface area contributed by atoms with Gasteiger partial charge in [0.05, 0.1) is 21.8 Å². The molecule has 0 aliphatic heterocycles. The molecule has 0 saturated heterocycles. The van der Waals surface area contributed by atoms with Gasteiger partial charge in [0.15, 0.2) is 5.75 Å². The van der Waals surface area contributed by atoms with E-state index >= 15 is 0 Å². The molecule has 0 atom stereocenters. The molecule has 0 aliphatic rings. The standard InChI is InChI=1S/C15H16N2O5/c1-10(2)7-8-22-14-6-3-11-9-12(16(18)19)4-5-13(11)15(14)17(20)21/h3-6,9-10H,7-8H2,1-2H3. The van der Waals surface area contributed by atoms with Gasteiger partial charge in [0.1, 0.15) is 0 Å². The molecule has 0 aromatic heterocycles. The fourth-order valence-corrected chi connectivity index (χ4v) is 2.10. The van der Waals surface area contributed by atoms with Crippen molar-refractivity contribution in [2.75, 3.05) is 6.61 Å². The molecule has 7 heteroatoms. The molecule has 0 amide bonds. The second-order valence-corrected chi connectivity index (χ2v) is 5.36. The summed E-state index contributed by atoms with van der Waals surface area (Å²) in [5, 5.41) is 22.9. The van der Waals surface area contributed by atoms with Gasteiger partial charge in [0.25, 0.3) is 5.69 Å². The van der Waals surface area contributed by atoms with Gasteiger partial charge >= 0.3 is 5.69 Å². The topological polar surface area (TPSA) is 95.5 Å². The summed E-state index contributed by atoms with van der Waals surface area (Å²) in [5.74, 6) is 0.620. The van der Waals surface area contributed by atoms with Crippen LogP contribution in [0.1, 0.15) is 20.3 Å². The highest BCUT2D eigenvalue weighted by Gasteiger charge is 2.21. The molecule has 116 valence electrons. The van der Waals surface area contributed by atoms with Crippen molar-refractivity contribution in [1.82, 2.24) is 0 Å². The van der Waals surface area contributed by atoms with Crippen LogP contribution in [0.25, 0.3) is 10.8 Å². The zero-order valence-electron chi connectivity index (χ0n) is 12.3. The van der Waals surface area contributed by atoms with E-state index in [2.05, 4.69) is 0 Å². The van der Waals surface area contributed by atoms with Crippen LogP contribution in [0.4, 0.5) is 11.4 Å². The molecule has 0 heterocycles. The van der Waals surface area contributed by atoms with Crippen molar-refractivity contribution in [3.05, 3.63) is 50.6 Å². The number of fused-ring (bicyclic) bond motifs is 1. The molecule has 0 spiro atoms. The molecule has 0 bridgehead atoms. The Balaban J connectivity index is 2.45. The summed E-state index contributed by atoms with van der Waals surface area (Å²) in [4.78, 5) is 21.1. The summed E-state index contributed by atoms with van der Waals surface area (Å²) >= 11 is 0. The molecular formula is C15H16N2O5. The van der Waals surface area contributed by atoms with Crippen molar-refractivity contribution >= 4 is 22.1 Å². The van der Waals surface area contributed by atoms with Crippen LogP contribution in [0, 0.1) is 26.1 Å². The van der Waals surface area contributed by atoms with Gasteiger partial charge in [0, 0.05) is 12.1 Å². The molecule has 7 nitrogen and oxygen atoms in total. The van der Waals surface area contributed by atoms with Gasteiger partial charge in [-0.15, -0.1) is 0 Å². The van der Waals surface area contributed by atoms with Crippen LogP contribution in [0.3, 0.4) is 0 Å². The number of rotatable bonds is 6. The number of nitrogens with zero attached hydrogens (tertiary/aromatic N) is 2. The van der Waals surface area contributed by atoms with Gasteiger partial charge in [-0.1, -0.05) is 13.8 Å². The highest BCUT2D eigenvalue weighted by atomic mass is 16.6. The maximum absolute atomic E-state index is 11.3. The number of nitro benzene ring substituents is 2. The van der Waals surface area contributed by atoms with Crippen molar-refractivity contribution in [2.45, 2.75) is 20.3 Å². The summed E-state index contributed by atoms with van der Waals surface area (Å²) in [6.45, 7) is 4.46. The third-order valence-electron chi connectivity index (χ3n) is 3.28. The first-order valence-electron chi connectivity index (χ1n) is 6.88. The minimum Gasteiger partial charge on any atom is -0.487 e. The lowest BCUT2D eigenvalue weighted by molar-refractivity contribution is -0.385. The van der Waals surface area contributed by atoms with Gasteiger partial charge in [-0.3, -0.25) is 20.2 Å². The number of ether oxygens (including phenoxy) is 1. The Morgan fingerprint density at radius 3 is 2.41 bits per heavy atom. The highest BCUT2D eigenvalue weighted by Crippen LogP contribution is 2.36. The molecular weight excluding hydrogens is 288 g/mol. The van der Waals surface area contributed by atoms with E-state index in [1.54, 1.807) is 6.07 Å². The molecule has 0 fully saturated rings. The average Bonchev–Trinajstić information content (AvgIpc) is 2.45. The van der Waals surface area contributed by atoms with Crippen LogP contribution in [-0.2, 0) is 0 Å². The second-order valence-electron chi connectivity index (χ2n) is 5.36. The first kappa shape index (κ1) is 15.7. The lowest BCUT2D eigenvalue weighted by Crippen LogP contribution is -2.04. The third-order valence-corrected chi connectivity index (χ3v) is 3.28. The van der Waals surface area contributed by atoms with Crippen LogP contribution in [0.15, 0.2) is 30.3 Å². The van der Waals surface area contributed by atoms with Crippen LogP contribution >= 0.6 is 0 Å². The Hall–Kier alpha value is -2.70. The predicted octanol–water partition coefficient (Wildman–Crippen LogP) is 4.08. The normalized spacial score (nSPS) is 10.9. The summed E-state index contributed by atoms with van der Waals surface area (Å²) in [6.07, 6.45) is 0.787. The molecule has 0 unspecified atom stereocenters. The van der Waals surface area contributed by atoms with Crippen molar-refractivity contribution < 1.29 is 14.6 Å². The Bertz CT molecular complexity index is 727. The highest BCUT2D eigenvalue weighted by molar-refractivity contribution is 5.94. The van der Waals surface area contributed by atoms with Crippen LogP contribution in [0.2, 0.25) is 0 Å². The number of hydrogen-bond donors (Lipinski definition) is 0. The van der Waals surface area contributed by atoms with Crippen LogP contribution in [0.5, 0.6) is 5.75 Å². The van der Waals surface area contributed by atoms with E-state index in [1.807, 2.05) is 13.8 Å². The van der Waals surface area contributed by atoms with Gasteiger partial charge in [-0.2, -0.15) is 0 Å². The quantitative estimate of drug-likeness (QED) is 0.591. The Labute approximate surface area is 126 Å². The first-order chi connectivity index (χ1) is 10.4. The molecule has 0 radical (unpaired) electrons. The maximum atomic E-state index is 11.3. The second kappa shape index (κ2) is 6.38. The number of non-ortho nitro benzene ring substituents is 1. The van der Waals surface area contributed by atoms with E-state index in [4.69, 9.17) is 4.74 Å². The molecule has 0 aliphatic carbocycles. The largest absolute Gasteiger partial charge is 0.487 e. The van der Waals surface area contributed by atoms with Crippen molar-refractivity contribution in [3.8, 4) is 5.75 Å². The molecule has 2 aromatic rings. The SMILES string of the molecule is CC(C)CCOc1ccc2cc([N+](=O)[O-])ccc2c1[N+](=O)[O-]. The Morgan fingerprint density at radius 2 is 1.82 bits per heavy atom. The van der Waals surface area contributed by atoms with Gasteiger partial charge in [0.2, 0.25) is 0 Å². The van der Waals surface area contributed by atoms with Gasteiger partial charge in [-0.25, -0.2) is 0 Å². The maximum Gasteiger partial charge on any atom is 0.318 e. The smallest absolute Gasteiger partial charge is 0.318 e. The zero-order valence-corrected chi connectivity index (χ0v) is 12.3. The Morgan fingerprint density at radius 1 is 1.09 bits per heavy atom. The van der Waals surface area contributed by atoms with Gasteiger partial charge < -0.3 is 4.74 Å². The minimum atomic E-state index is -0.529. The summed E-state index contributed by atoms with van der Waals surface area (Å²) in [7, 11) is 0. The fourth-order valence-electron chi connectivity index (χ4n) is 2.10. The first-order valence-corrected chi connectivity index (χ1v) is 6.88. The number of benzene rings is 2. The average molecular weight is 304 g/mol. The fraction of sp³-hybridized carbons (Fsp3) is 0.333. The molecule has 22 heavy (non-hydrogen) atoms. The molecule has 0 saturated carbocycles. The van der Waals surface area contributed by atoms with E-state index in [0.29, 0.717) is 23.3 Å². The predicted molar refractivity (Wildman–Crippen MR) is 82.2 cm³/mol. The zero-order chi connectivity index (χ0) is 16.3. The van der Waals surface area contributed by atoms with E-state index < -0.39 is 9.85 Å². The van der Waals surface area contributed by atoms with Crippen LogP contribution < -0.4 is 4.74 Å². The molecule has 2 rings (SSSR count). The van der Waals surface area contributed by atoms with Crippen molar-refractivity contribution in [1.29, 1.82) is 0 Å². The third kappa shape index (κ3) is 3.30. The minimum absolute atomic E-state index is 0.102. The Kier molecular flexibility index (Phi) is 4.55. The number of nitro groups is 2. The lowest BCUT2D eigenvalue weighted by Gasteiger charge is -2.10. The number of hydrogen-bond acceptors (Lipinski definition) is 5. The monoisotopic (exact) mass is 304 g/mol. The van der Waals surface area contributed by atoms with E-state index in [9.17, 15) is 20.2 Å². The summed E-state index contributed by atoms with van der Waals surface area (Å²) in [5.41, 5.74) is -0.258. The van der Waals surface area contributed by atoms with Crippen molar-refractivity contribution in [3.63, 3.8) is 0 Å². The molecule has 2 aromatic carbocycles. The van der Waals surface area contributed by atoms with E-state index in [-0.39, 0.29) is 17.1 Å². The lowest BCUT2D eigenvalue weighted by atomic mass is 10.1. The van der Waals surface area contributed by atoms with Gasteiger partial charge in [-0.05, 0) is 35.9 Å². The van der Waals surface area contributed by atoms with Crippen molar-refractivity contribution in [2.24, 2.45) is 5.92 Å². The summed E-state index contributed by atoms with van der Waals surface area (Å²) < 4.78 is 5.52. The van der Waals surface area contributed by atoms with E-state index in [1.165, 1.54) is 24.3 Å². The summed E-state index contributed by atoms with van der Waals surface area (Å²) in [6, 6.07) is 7.05.